The Labute approximate surface area is 100 Å². The van der Waals surface area contributed by atoms with Gasteiger partial charge in [0.15, 0.2) is 0 Å². The number of allylic oxidation sites excluding steroid dienone is 1. The lowest BCUT2D eigenvalue weighted by Gasteiger charge is -2.01. The smallest absolute Gasteiger partial charge is 0.330 e. The van der Waals surface area contributed by atoms with E-state index in [1.54, 1.807) is 6.08 Å². The molecule has 0 atom stereocenters. The largest absolute Gasteiger partial charge is 0.463 e. The van der Waals surface area contributed by atoms with Crippen LogP contribution < -0.4 is 0 Å². The summed E-state index contributed by atoms with van der Waals surface area (Å²) in [6.45, 7) is 11.3. The highest BCUT2D eigenvalue weighted by Gasteiger charge is 1.94. The minimum Gasteiger partial charge on any atom is -0.463 e. The second kappa shape index (κ2) is 16.4. The Hall–Kier alpha value is -1.05. The first-order valence-corrected chi connectivity index (χ1v) is 6.09. The summed E-state index contributed by atoms with van der Waals surface area (Å²) in [7, 11) is 0. The fraction of sp³-hybridized carbons (Fsp3) is 0.643. The molecule has 0 aromatic rings. The van der Waals surface area contributed by atoms with Gasteiger partial charge >= 0.3 is 5.97 Å². The van der Waals surface area contributed by atoms with Gasteiger partial charge in [-0.05, 0) is 13.3 Å². The molecule has 0 fully saturated rings. The lowest BCUT2D eigenvalue weighted by molar-refractivity contribution is -0.137. The van der Waals surface area contributed by atoms with Crippen LogP contribution in [0.4, 0.5) is 0 Å². The van der Waals surface area contributed by atoms with E-state index in [2.05, 4.69) is 20.1 Å². The van der Waals surface area contributed by atoms with Crippen LogP contribution in [0.3, 0.4) is 0 Å². The number of hydrogen-bond acceptors (Lipinski definition) is 2. The van der Waals surface area contributed by atoms with Gasteiger partial charge in [-0.1, -0.05) is 51.7 Å². The molecule has 0 amide bonds. The first-order valence-electron chi connectivity index (χ1n) is 6.09. The molecule has 2 heteroatoms. The zero-order valence-corrected chi connectivity index (χ0v) is 10.8. The van der Waals surface area contributed by atoms with E-state index in [0.717, 1.165) is 12.8 Å². The van der Waals surface area contributed by atoms with Crippen LogP contribution >= 0.6 is 0 Å². The van der Waals surface area contributed by atoms with E-state index >= 15 is 0 Å². The normalized spacial score (nSPS) is 8.62. The minimum absolute atomic E-state index is 0.312. The van der Waals surface area contributed by atoms with E-state index in [0.29, 0.717) is 6.61 Å². The number of esters is 1. The number of carbonyl (C=O) groups is 1. The van der Waals surface area contributed by atoms with Crippen molar-refractivity contribution in [3.63, 3.8) is 0 Å². The number of ether oxygens (including phenoxy) is 1. The van der Waals surface area contributed by atoms with Gasteiger partial charge in [0, 0.05) is 6.08 Å². The fourth-order valence-corrected chi connectivity index (χ4v) is 1.11. The van der Waals surface area contributed by atoms with Crippen LogP contribution in [-0.2, 0) is 9.53 Å². The number of carbonyl (C=O) groups excluding carboxylic acids is 1. The summed E-state index contributed by atoms with van der Waals surface area (Å²) in [6, 6.07) is 0. The van der Waals surface area contributed by atoms with Crippen molar-refractivity contribution in [1.29, 1.82) is 0 Å². The molecule has 0 N–H and O–H groups in total. The molecule has 16 heavy (non-hydrogen) atoms. The second-order valence-corrected chi connectivity index (χ2v) is 3.55. The molecule has 0 unspecified atom stereocenters. The van der Waals surface area contributed by atoms with E-state index in [4.69, 9.17) is 4.74 Å². The van der Waals surface area contributed by atoms with Gasteiger partial charge in [0.1, 0.15) is 0 Å². The minimum atomic E-state index is -0.312. The summed E-state index contributed by atoms with van der Waals surface area (Å²) in [6.07, 6.45) is 10.2. The Bertz CT molecular complexity index is 174. The molecule has 0 saturated carbocycles. The highest BCUT2D eigenvalue weighted by Crippen LogP contribution is 2.04. The average molecular weight is 226 g/mol. The molecule has 0 spiro atoms. The van der Waals surface area contributed by atoms with Crippen molar-refractivity contribution in [3.8, 4) is 0 Å². The van der Waals surface area contributed by atoms with E-state index in [1.165, 1.54) is 31.8 Å². The Morgan fingerprint density at radius 2 is 1.62 bits per heavy atom. The molecule has 0 aromatic heterocycles. The Morgan fingerprint density at radius 1 is 1.12 bits per heavy atom. The monoisotopic (exact) mass is 226 g/mol. The van der Waals surface area contributed by atoms with Crippen LogP contribution in [-0.4, -0.2) is 12.6 Å². The third kappa shape index (κ3) is 18.7. The summed E-state index contributed by atoms with van der Waals surface area (Å²) in [5.74, 6) is -0.312. The van der Waals surface area contributed by atoms with Gasteiger partial charge in [-0.3, -0.25) is 0 Å². The van der Waals surface area contributed by atoms with Gasteiger partial charge in [-0.15, -0.1) is 6.58 Å². The Morgan fingerprint density at radius 3 is 2.12 bits per heavy atom. The van der Waals surface area contributed by atoms with Crippen LogP contribution in [0, 0.1) is 0 Å². The van der Waals surface area contributed by atoms with E-state index < -0.39 is 0 Å². The molecule has 94 valence electrons. The number of unbranched alkanes of at least 4 members (excludes halogenated alkanes) is 5. The molecule has 0 rings (SSSR count). The van der Waals surface area contributed by atoms with Gasteiger partial charge in [0.25, 0.3) is 0 Å². The summed E-state index contributed by atoms with van der Waals surface area (Å²) in [5.41, 5.74) is 0. The van der Waals surface area contributed by atoms with Crippen molar-refractivity contribution < 1.29 is 9.53 Å². The van der Waals surface area contributed by atoms with Gasteiger partial charge in [0.2, 0.25) is 0 Å². The van der Waals surface area contributed by atoms with Crippen molar-refractivity contribution in [1.82, 2.24) is 0 Å². The predicted molar refractivity (Wildman–Crippen MR) is 70.4 cm³/mol. The zero-order valence-electron chi connectivity index (χ0n) is 10.8. The average Bonchev–Trinajstić information content (AvgIpc) is 2.28. The van der Waals surface area contributed by atoms with Crippen LogP contribution in [0.2, 0.25) is 0 Å². The quantitative estimate of drug-likeness (QED) is 0.267. The Kier molecular flexibility index (Phi) is 17.8. The molecule has 0 bridgehead atoms. The molecule has 0 aliphatic carbocycles. The first-order chi connectivity index (χ1) is 7.72. The maximum atomic E-state index is 10.6. The Balaban J connectivity index is 0. The van der Waals surface area contributed by atoms with Gasteiger partial charge in [-0.2, -0.15) is 0 Å². The van der Waals surface area contributed by atoms with Gasteiger partial charge < -0.3 is 4.74 Å². The first kappa shape index (κ1) is 17.3. The zero-order chi connectivity index (χ0) is 12.6. The third-order valence-electron chi connectivity index (χ3n) is 1.91. The summed E-state index contributed by atoms with van der Waals surface area (Å²) in [4.78, 5) is 10.6. The number of rotatable bonds is 8. The predicted octanol–water partition coefficient (Wildman–Crippen LogP) is 4.27. The molecule has 0 aromatic carbocycles. The molecule has 0 aliphatic rings. The highest BCUT2D eigenvalue weighted by atomic mass is 16.5. The van der Waals surface area contributed by atoms with E-state index in [9.17, 15) is 4.79 Å². The molecule has 2 nitrogen and oxygen atoms in total. The maximum Gasteiger partial charge on any atom is 0.330 e. The summed E-state index contributed by atoms with van der Waals surface area (Å²) >= 11 is 0. The molecule has 0 heterocycles. The van der Waals surface area contributed by atoms with Crippen molar-refractivity contribution in [2.24, 2.45) is 0 Å². The van der Waals surface area contributed by atoms with Crippen molar-refractivity contribution in [2.45, 2.75) is 52.4 Å². The second-order valence-electron chi connectivity index (χ2n) is 3.55. The van der Waals surface area contributed by atoms with Crippen molar-refractivity contribution in [3.05, 3.63) is 25.3 Å². The lowest BCUT2D eigenvalue weighted by Crippen LogP contribution is -2.01. The molecule has 0 saturated heterocycles. The molecule has 0 aliphatic heterocycles. The van der Waals surface area contributed by atoms with E-state index in [1.807, 2.05) is 6.92 Å². The maximum absolute atomic E-state index is 10.6. The number of hydrogen-bond donors (Lipinski definition) is 0. The third-order valence-corrected chi connectivity index (χ3v) is 1.91. The van der Waals surface area contributed by atoms with Crippen LogP contribution in [0.25, 0.3) is 0 Å². The molecular formula is C14H26O2. The van der Waals surface area contributed by atoms with Crippen molar-refractivity contribution in [2.75, 3.05) is 6.61 Å². The van der Waals surface area contributed by atoms with Crippen LogP contribution in [0.15, 0.2) is 25.3 Å². The van der Waals surface area contributed by atoms with E-state index in [-0.39, 0.29) is 5.97 Å². The SMILES string of the molecule is C=CC.C=CC(=O)OCCCCCCCC. The lowest BCUT2D eigenvalue weighted by atomic mass is 10.1. The van der Waals surface area contributed by atoms with Gasteiger partial charge in [0.05, 0.1) is 6.61 Å². The van der Waals surface area contributed by atoms with Gasteiger partial charge in [-0.25, -0.2) is 4.79 Å². The summed E-state index contributed by atoms with van der Waals surface area (Å²) < 4.78 is 4.84. The topological polar surface area (TPSA) is 26.3 Å². The highest BCUT2D eigenvalue weighted by molar-refractivity contribution is 5.81. The molecule has 0 radical (unpaired) electrons. The fourth-order valence-electron chi connectivity index (χ4n) is 1.11. The standard InChI is InChI=1S/C11H20O2.C3H6/c1-3-5-6-7-8-9-10-13-11(12)4-2;1-3-2/h4H,2-3,5-10H2,1H3;3H,1H2,2H3. The molecular weight excluding hydrogens is 200 g/mol. The summed E-state index contributed by atoms with van der Waals surface area (Å²) in [5, 5.41) is 0. The van der Waals surface area contributed by atoms with Crippen LogP contribution in [0.5, 0.6) is 0 Å². The van der Waals surface area contributed by atoms with Crippen LogP contribution in [0.1, 0.15) is 52.4 Å². The van der Waals surface area contributed by atoms with Crippen molar-refractivity contribution >= 4 is 5.97 Å².